The van der Waals surface area contributed by atoms with E-state index in [9.17, 15) is 4.79 Å². The van der Waals surface area contributed by atoms with Crippen LogP contribution in [0, 0.1) is 0 Å². The topological polar surface area (TPSA) is 115 Å². The van der Waals surface area contributed by atoms with Gasteiger partial charge in [0, 0.05) is 13.7 Å². The van der Waals surface area contributed by atoms with Gasteiger partial charge in [-0.25, -0.2) is 0 Å². The zero-order valence-corrected chi connectivity index (χ0v) is 10.9. The standard InChI is InChI=1S/C11H17N5O3/c1-11(4-3-5-19-11)10(17)14-9-7(8(12)15-18)6-13-16(9)2/h6,18H,3-5H2,1-2H3,(H2,12,15)(H,14,17). The van der Waals surface area contributed by atoms with E-state index >= 15 is 0 Å². The van der Waals surface area contributed by atoms with E-state index in [2.05, 4.69) is 15.6 Å². The van der Waals surface area contributed by atoms with E-state index in [1.807, 2.05) is 0 Å². The quantitative estimate of drug-likeness (QED) is 0.309. The Hall–Kier alpha value is -2.09. The minimum atomic E-state index is -0.841. The summed E-state index contributed by atoms with van der Waals surface area (Å²) >= 11 is 0. The first-order chi connectivity index (χ1) is 8.98. The number of carbonyl (C=O) groups excluding carboxylic acids is 1. The summed E-state index contributed by atoms with van der Waals surface area (Å²) in [5.41, 5.74) is 5.06. The predicted octanol–water partition coefficient (Wildman–Crippen LogP) is 0.0222. The van der Waals surface area contributed by atoms with Crippen molar-refractivity contribution in [1.29, 1.82) is 0 Å². The number of oxime groups is 1. The van der Waals surface area contributed by atoms with Gasteiger partial charge in [0.15, 0.2) is 5.84 Å². The number of anilines is 1. The van der Waals surface area contributed by atoms with Gasteiger partial charge in [0.2, 0.25) is 0 Å². The molecule has 1 unspecified atom stereocenters. The molecule has 104 valence electrons. The van der Waals surface area contributed by atoms with Crippen LogP contribution in [0.15, 0.2) is 11.4 Å². The monoisotopic (exact) mass is 267 g/mol. The maximum absolute atomic E-state index is 12.2. The van der Waals surface area contributed by atoms with Crippen LogP contribution in [0.4, 0.5) is 5.82 Å². The van der Waals surface area contributed by atoms with Gasteiger partial charge in [-0.2, -0.15) is 5.10 Å². The first kappa shape index (κ1) is 13.3. The van der Waals surface area contributed by atoms with E-state index < -0.39 is 5.60 Å². The van der Waals surface area contributed by atoms with Gasteiger partial charge < -0.3 is 21.0 Å². The van der Waals surface area contributed by atoms with Crippen LogP contribution in [-0.4, -0.2) is 38.9 Å². The fourth-order valence-corrected chi connectivity index (χ4v) is 2.03. The first-order valence-corrected chi connectivity index (χ1v) is 5.93. The summed E-state index contributed by atoms with van der Waals surface area (Å²) in [6.45, 7) is 2.32. The van der Waals surface area contributed by atoms with Crippen molar-refractivity contribution in [3.05, 3.63) is 11.8 Å². The van der Waals surface area contributed by atoms with Crippen molar-refractivity contribution >= 4 is 17.6 Å². The van der Waals surface area contributed by atoms with Crippen molar-refractivity contribution < 1.29 is 14.7 Å². The molecule has 0 saturated carbocycles. The van der Waals surface area contributed by atoms with Crippen molar-refractivity contribution in [2.75, 3.05) is 11.9 Å². The van der Waals surface area contributed by atoms with Crippen LogP contribution >= 0.6 is 0 Å². The Bertz CT molecular complexity index is 516. The van der Waals surface area contributed by atoms with Gasteiger partial charge in [0.05, 0.1) is 11.8 Å². The van der Waals surface area contributed by atoms with Gasteiger partial charge in [-0.3, -0.25) is 9.48 Å². The molecule has 2 rings (SSSR count). The van der Waals surface area contributed by atoms with Gasteiger partial charge in [-0.1, -0.05) is 5.16 Å². The van der Waals surface area contributed by atoms with Crippen molar-refractivity contribution in [2.24, 2.45) is 17.9 Å². The number of nitrogens with one attached hydrogen (secondary N) is 1. The summed E-state index contributed by atoms with van der Waals surface area (Å²) in [5, 5.41) is 18.3. The van der Waals surface area contributed by atoms with E-state index in [4.69, 9.17) is 15.7 Å². The van der Waals surface area contributed by atoms with Gasteiger partial charge >= 0.3 is 0 Å². The summed E-state index contributed by atoms with van der Waals surface area (Å²) in [5.74, 6) is -0.00138. The zero-order valence-electron chi connectivity index (χ0n) is 10.9. The lowest BCUT2D eigenvalue weighted by molar-refractivity contribution is -0.133. The molecule has 1 aromatic rings. The number of hydrogen-bond donors (Lipinski definition) is 3. The molecule has 0 aliphatic carbocycles. The molecule has 0 aromatic carbocycles. The molecule has 0 bridgehead atoms. The Balaban J connectivity index is 2.24. The highest BCUT2D eigenvalue weighted by atomic mass is 16.5. The second kappa shape index (κ2) is 4.88. The number of nitrogens with two attached hydrogens (primary N) is 1. The van der Waals surface area contributed by atoms with Crippen LogP contribution in [0.1, 0.15) is 25.3 Å². The number of aryl methyl sites for hydroxylation is 1. The number of rotatable bonds is 3. The summed E-state index contributed by atoms with van der Waals surface area (Å²) < 4.78 is 6.91. The molecule has 1 aliphatic heterocycles. The molecule has 4 N–H and O–H groups in total. The maximum Gasteiger partial charge on any atom is 0.257 e. The van der Waals surface area contributed by atoms with Crippen LogP contribution in [0.25, 0.3) is 0 Å². The van der Waals surface area contributed by atoms with Crippen LogP contribution in [-0.2, 0) is 16.6 Å². The Morgan fingerprint density at radius 3 is 3.05 bits per heavy atom. The third-order valence-corrected chi connectivity index (χ3v) is 3.25. The van der Waals surface area contributed by atoms with Crippen molar-refractivity contribution in [2.45, 2.75) is 25.4 Å². The minimum Gasteiger partial charge on any atom is -0.409 e. The summed E-state index contributed by atoms with van der Waals surface area (Å²) in [6, 6.07) is 0. The molecule has 8 heteroatoms. The molecule has 1 aromatic heterocycles. The molecule has 1 atom stereocenters. The van der Waals surface area contributed by atoms with Crippen LogP contribution in [0.2, 0.25) is 0 Å². The molecule has 1 amide bonds. The molecule has 19 heavy (non-hydrogen) atoms. The van der Waals surface area contributed by atoms with E-state index in [1.165, 1.54) is 10.9 Å². The van der Waals surface area contributed by atoms with Crippen molar-refractivity contribution in [1.82, 2.24) is 9.78 Å². The SMILES string of the molecule is Cn1ncc(C(N)=NO)c1NC(=O)C1(C)CCCO1. The number of amides is 1. The molecule has 0 spiro atoms. The molecule has 8 nitrogen and oxygen atoms in total. The highest BCUT2D eigenvalue weighted by Crippen LogP contribution is 2.27. The van der Waals surface area contributed by atoms with Gasteiger partial charge in [-0.05, 0) is 19.8 Å². The third-order valence-electron chi connectivity index (χ3n) is 3.25. The molecule has 1 aliphatic rings. The lowest BCUT2D eigenvalue weighted by Gasteiger charge is -2.22. The van der Waals surface area contributed by atoms with Crippen LogP contribution in [0.5, 0.6) is 0 Å². The number of ether oxygens (including phenoxy) is 1. The highest BCUT2D eigenvalue weighted by molar-refractivity contribution is 6.06. The molecule has 0 radical (unpaired) electrons. The molecule has 2 heterocycles. The highest BCUT2D eigenvalue weighted by Gasteiger charge is 2.38. The predicted molar refractivity (Wildman–Crippen MR) is 67.9 cm³/mol. The number of hydrogen-bond acceptors (Lipinski definition) is 5. The Morgan fingerprint density at radius 1 is 1.74 bits per heavy atom. The third kappa shape index (κ3) is 2.39. The Kier molecular flexibility index (Phi) is 3.43. The summed E-state index contributed by atoms with van der Waals surface area (Å²) in [7, 11) is 1.65. The number of carbonyl (C=O) groups is 1. The molecular formula is C11H17N5O3. The summed E-state index contributed by atoms with van der Waals surface area (Å²) in [6.07, 6.45) is 2.93. The maximum atomic E-state index is 12.2. The lowest BCUT2D eigenvalue weighted by atomic mass is 10.0. The van der Waals surface area contributed by atoms with E-state index in [0.717, 1.165) is 6.42 Å². The molecular weight excluding hydrogens is 250 g/mol. The lowest BCUT2D eigenvalue weighted by Crippen LogP contribution is -2.40. The number of aromatic nitrogens is 2. The summed E-state index contributed by atoms with van der Waals surface area (Å²) in [4.78, 5) is 12.2. The minimum absolute atomic E-state index is 0.110. The Labute approximate surface area is 110 Å². The van der Waals surface area contributed by atoms with Gasteiger partial charge in [0.1, 0.15) is 11.4 Å². The van der Waals surface area contributed by atoms with Crippen molar-refractivity contribution in [3.8, 4) is 0 Å². The van der Waals surface area contributed by atoms with E-state index in [1.54, 1.807) is 14.0 Å². The second-order valence-corrected chi connectivity index (χ2v) is 4.65. The van der Waals surface area contributed by atoms with Crippen molar-refractivity contribution in [3.63, 3.8) is 0 Å². The molecule has 1 fully saturated rings. The zero-order chi connectivity index (χ0) is 14.0. The van der Waals surface area contributed by atoms with E-state index in [0.29, 0.717) is 24.4 Å². The van der Waals surface area contributed by atoms with Crippen LogP contribution in [0.3, 0.4) is 0 Å². The average molecular weight is 267 g/mol. The fourth-order valence-electron chi connectivity index (χ4n) is 2.03. The first-order valence-electron chi connectivity index (χ1n) is 5.93. The Morgan fingerprint density at radius 2 is 2.47 bits per heavy atom. The fraction of sp³-hybridized carbons (Fsp3) is 0.545. The van der Waals surface area contributed by atoms with E-state index in [-0.39, 0.29) is 11.7 Å². The second-order valence-electron chi connectivity index (χ2n) is 4.65. The molecule has 1 saturated heterocycles. The number of amidine groups is 1. The van der Waals surface area contributed by atoms with Gasteiger partial charge in [-0.15, -0.1) is 0 Å². The number of nitrogens with zero attached hydrogens (tertiary/aromatic N) is 3. The normalized spacial score (nSPS) is 23.6. The van der Waals surface area contributed by atoms with Gasteiger partial charge in [0.25, 0.3) is 5.91 Å². The van der Waals surface area contributed by atoms with Crippen LogP contribution < -0.4 is 11.1 Å². The average Bonchev–Trinajstić information content (AvgIpc) is 2.98. The largest absolute Gasteiger partial charge is 0.409 e. The smallest absolute Gasteiger partial charge is 0.257 e.